The molecule has 0 spiro atoms. The van der Waals surface area contributed by atoms with Crippen LogP contribution in [0.2, 0.25) is 0 Å². The number of hydrogen-bond donors (Lipinski definition) is 2. The molecule has 2 rings (SSSR count). The molecule has 0 amide bonds. The molecule has 0 aliphatic heterocycles. The van der Waals surface area contributed by atoms with Gasteiger partial charge in [0.1, 0.15) is 17.5 Å². The smallest absolute Gasteiger partial charge is 0.145 e. The number of rotatable bonds is 3. The summed E-state index contributed by atoms with van der Waals surface area (Å²) >= 11 is 0. The summed E-state index contributed by atoms with van der Waals surface area (Å²) in [6.45, 7) is 3.91. The fraction of sp³-hybridized carbons (Fsp3) is 0.231. The summed E-state index contributed by atoms with van der Waals surface area (Å²) in [5, 5.41) is 0. The molecule has 0 saturated carbocycles. The van der Waals surface area contributed by atoms with E-state index in [1.165, 1.54) is 5.56 Å². The molecule has 0 saturated heterocycles. The number of nitrogen functional groups attached to an aromatic ring is 1. The summed E-state index contributed by atoms with van der Waals surface area (Å²) in [4.78, 5) is 10.6. The van der Waals surface area contributed by atoms with Gasteiger partial charge in [0, 0.05) is 18.8 Å². The Morgan fingerprint density at radius 2 is 1.78 bits per heavy atom. The first-order valence-corrected chi connectivity index (χ1v) is 5.73. The standard InChI is InChI=1S/C13H17N5/c1-9-4-6-11(7-5-9)18(3)13-8-12(17-14)15-10(2)16-13/h4-8H,14H2,1-3H3,(H,15,16,17). The van der Waals surface area contributed by atoms with E-state index in [1.807, 2.05) is 24.9 Å². The molecule has 0 aliphatic rings. The molecule has 0 aliphatic carbocycles. The number of nitrogens with two attached hydrogens (primary N) is 1. The summed E-state index contributed by atoms with van der Waals surface area (Å²) in [6, 6.07) is 10.1. The second kappa shape index (κ2) is 5.01. The van der Waals surface area contributed by atoms with Gasteiger partial charge in [0.25, 0.3) is 0 Å². The molecule has 0 fully saturated rings. The van der Waals surface area contributed by atoms with Crippen molar-refractivity contribution >= 4 is 17.3 Å². The van der Waals surface area contributed by atoms with Gasteiger partial charge in [0.15, 0.2) is 0 Å². The Labute approximate surface area is 107 Å². The molecule has 0 bridgehead atoms. The van der Waals surface area contributed by atoms with Crippen molar-refractivity contribution in [3.05, 3.63) is 41.7 Å². The molecule has 18 heavy (non-hydrogen) atoms. The minimum atomic E-state index is 0.608. The van der Waals surface area contributed by atoms with E-state index in [1.54, 1.807) is 0 Å². The number of hydrogen-bond acceptors (Lipinski definition) is 5. The first kappa shape index (κ1) is 12.3. The van der Waals surface area contributed by atoms with Gasteiger partial charge in [-0.25, -0.2) is 15.8 Å². The van der Waals surface area contributed by atoms with E-state index >= 15 is 0 Å². The SMILES string of the molecule is Cc1ccc(N(C)c2cc(NN)nc(C)n2)cc1. The Hall–Kier alpha value is -2.14. The van der Waals surface area contributed by atoms with Crippen molar-refractivity contribution in [2.45, 2.75) is 13.8 Å². The van der Waals surface area contributed by atoms with Crippen LogP contribution < -0.4 is 16.2 Å². The first-order valence-electron chi connectivity index (χ1n) is 5.73. The third kappa shape index (κ3) is 2.57. The van der Waals surface area contributed by atoms with Gasteiger partial charge in [0.2, 0.25) is 0 Å². The highest BCUT2D eigenvalue weighted by Gasteiger charge is 2.07. The lowest BCUT2D eigenvalue weighted by Crippen LogP contribution is -2.15. The van der Waals surface area contributed by atoms with E-state index in [0.717, 1.165) is 11.5 Å². The van der Waals surface area contributed by atoms with E-state index in [-0.39, 0.29) is 0 Å². The number of nitrogens with zero attached hydrogens (tertiary/aromatic N) is 3. The molecule has 1 aromatic heterocycles. The van der Waals surface area contributed by atoms with Crippen molar-refractivity contribution < 1.29 is 0 Å². The van der Waals surface area contributed by atoms with E-state index in [4.69, 9.17) is 5.84 Å². The number of benzene rings is 1. The van der Waals surface area contributed by atoms with Crippen LogP contribution in [0.5, 0.6) is 0 Å². The van der Waals surface area contributed by atoms with Crippen LogP contribution in [-0.2, 0) is 0 Å². The first-order chi connectivity index (χ1) is 8.60. The molecule has 2 aromatic rings. The van der Waals surface area contributed by atoms with Crippen molar-refractivity contribution in [1.82, 2.24) is 9.97 Å². The average molecular weight is 243 g/mol. The summed E-state index contributed by atoms with van der Waals surface area (Å²) in [7, 11) is 1.97. The van der Waals surface area contributed by atoms with Gasteiger partial charge in [0.05, 0.1) is 0 Å². The van der Waals surface area contributed by atoms with Crippen LogP contribution in [0.15, 0.2) is 30.3 Å². The fourth-order valence-electron chi connectivity index (χ4n) is 1.70. The van der Waals surface area contributed by atoms with E-state index in [0.29, 0.717) is 11.6 Å². The van der Waals surface area contributed by atoms with Crippen molar-refractivity contribution in [3.63, 3.8) is 0 Å². The maximum absolute atomic E-state index is 5.39. The van der Waals surface area contributed by atoms with E-state index in [9.17, 15) is 0 Å². The van der Waals surface area contributed by atoms with Crippen molar-refractivity contribution in [2.24, 2.45) is 5.84 Å². The third-order valence-corrected chi connectivity index (χ3v) is 2.74. The van der Waals surface area contributed by atoms with Gasteiger partial charge in [-0.05, 0) is 26.0 Å². The molecule has 1 heterocycles. The molecular formula is C13H17N5. The van der Waals surface area contributed by atoms with Crippen LogP contribution in [0.25, 0.3) is 0 Å². The van der Waals surface area contributed by atoms with Crippen LogP contribution in [0.4, 0.5) is 17.3 Å². The van der Waals surface area contributed by atoms with Gasteiger partial charge in [-0.2, -0.15) is 0 Å². The number of aryl methyl sites for hydroxylation is 2. The molecule has 5 nitrogen and oxygen atoms in total. The van der Waals surface area contributed by atoms with E-state index in [2.05, 4.69) is 46.6 Å². The molecule has 3 N–H and O–H groups in total. The topological polar surface area (TPSA) is 67.1 Å². The second-order valence-electron chi connectivity index (χ2n) is 4.20. The normalized spacial score (nSPS) is 10.2. The van der Waals surface area contributed by atoms with Crippen LogP contribution >= 0.6 is 0 Å². The maximum Gasteiger partial charge on any atom is 0.145 e. The fourth-order valence-corrected chi connectivity index (χ4v) is 1.70. The van der Waals surface area contributed by atoms with Gasteiger partial charge in [-0.15, -0.1) is 0 Å². The highest BCUT2D eigenvalue weighted by Crippen LogP contribution is 2.23. The Kier molecular flexibility index (Phi) is 3.43. The molecule has 1 aromatic carbocycles. The minimum Gasteiger partial charge on any atom is -0.329 e. The number of anilines is 3. The van der Waals surface area contributed by atoms with Crippen molar-refractivity contribution in [2.75, 3.05) is 17.4 Å². The summed E-state index contributed by atoms with van der Waals surface area (Å²) in [6.07, 6.45) is 0. The number of hydrazine groups is 1. The van der Waals surface area contributed by atoms with Crippen LogP contribution in [0.1, 0.15) is 11.4 Å². The van der Waals surface area contributed by atoms with Crippen molar-refractivity contribution in [3.8, 4) is 0 Å². The zero-order chi connectivity index (χ0) is 13.1. The predicted octanol–water partition coefficient (Wildman–Crippen LogP) is 2.15. The highest BCUT2D eigenvalue weighted by atomic mass is 15.3. The number of nitrogens with one attached hydrogen (secondary N) is 1. The Morgan fingerprint density at radius 1 is 1.11 bits per heavy atom. The lowest BCUT2D eigenvalue weighted by Gasteiger charge is -2.19. The summed E-state index contributed by atoms with van der Waals surface area (Å²) in [5.41, 5.74) is 4.85. The Balaban J connectivity index is 2.35. The molecule has 0 atom stereocenters. The third-order valence-electron chi connectivity index (χ3n) is 2.74. The van der Waals surface area contributed by atoms with Gasteiger partial charge < -0.3 is 10.3 Å². The monoisotopic (exact) mass is 243 g/mol. The van der Waals surface area contributed by atoms with Crippen LogP contribution in [-0.4, -0.2) is 17.0 Å². The largest absolute Gasteiger partial charge is 0.329 e. The molecule has 0 unspecified atom stereocenters. The molecule has 0 radical (unpaired) electrons. The average Bonchev–Trinajstić information content (AvgIpc) is 2.38. The second-order valence-corrected chi connectivity index (χ2v) is 4.20. The highest BCUT2D eigenvalue weighted by molar-refractivity contribution is 5.61. The van der Waals surface area contributed by atoms with E-state index < -0.39 is 0 Å². The maximum atomic E-state index is 5.39. The summed E-state index contributed by atoms with van der Waals surface area (Å²) in [5.74, 6) is 7.48. The Morgan fingerprint density at radius 3 is 2.39 bits per heavy atom. The van der Waals surface area contributed by atoms with Crippen molar-refractivity contribution in [1.29, 1.82) is 0 Å². The molecular weight excluding hydrogens is 226 g/mol. The van der Waals surface area contributed by atoms with Crippen LogP contribution in [0, 0.1) is 13.8 Å². The van der Waals surface area contributed by atoms with Gasteiger partial charge in [-0.1, -0.05) is 17.7 Å². The quantitative estimate of drug-likeness (QED) is 0.638. The lowest BCUT2D eigenvalue weighted by atomic mass is 10.2. The molecule has 94 valence electrons. The lowest BCUT2D eigenvalue weighted by molar-refractivity contribution is 1.01. The van der Waals surface area contributed by atoms with Gasteiger partial charge >= 0.3 is 0 Å². The minimum absolute atomic E-state index is 0.608. The zero-order valence-electron chi connectivity index (χ0n) is 10.8. The predicted molar refractivity (Wildman–Crippen MR) is 73.8 cm³/mol. The van der Waals surface area contributed by atoms with Gasteiger partial charge in [-0.3, -0.25) is 0 Å². The summed E-state index contributed by atoms with van der Waals surface area (Å²) < 4.78 is 0. The Bertz CT molecular complexity index is 536. The molecule has 5 heteroatoms. The number of aromatic nitrogens is 2. The van der Waals surface area contributed by atoms with Crippen LogP contribution in [0.3, 0.4) is 0 Å². The zero-order valence-corrected chi connectivity index (χ0v) is 10.8.